The molecule has 1 N–H and O–H groups in total. The molecule has 1 unspecified atom stereocenters. The number of esters is 1. The minimum atomic E-state index is -2.69. The lowest BCUT2D eigenvalue weighted by atomic mass is 9.57. The number of carbonyl (C=O) groups excluding carboxylic acids is 1. The number of nitrogens with one attached hydrogen (secondary N) is 1. The van der Waals surface area contributed by atoms with E-state index in [2.05, 4.69) is 5.32 Å². The Labute approximate surface area is 93.5 Å². The van der Waals surface area contributed by atoms with Crippen molar-refractivity contribution in [2.75, 3.05) is 20.2 Å². The van der Waals surface area contributed by atoms with Crippen molar-refractivity contribution >= 4 is 5.97 Å². The minimum Gasteiger partial charge on any atom is -0.469 e. The molecule has 3 nitrogen and oxygen atoms in total. The second-order valence-electron chi connectivity index (χ2n) is 4.90. The summed E-state index contributed by atoms with van der Waals surface area (Å²) in [7, 11) is 1.27. The quantitative estimate of drug-likeness (QED) is 0.736. The first-order valence-corrected chi connectivity index (χ1v) is 5.67. The lowest BCUT2D eigenvalue weighted by Crippen LogP contribution is -2.58. The SMILES string of the molecule is COC(=O)C1(C2CCCNC2)CC(F)(F)C1. The highest BCUT2D eigenvalue weighted by molar-refractivity contribution is 5.79. The number of rotatable bonds is 2. The van der Waals surface area contributed by atoms with Crippen molar-refractivity contribution in [1.82, 2.24) is 5.32 Å². The standard InChI is InChI=1S/C11H17F2NO2/c1-16-9(15)10(6-11(12,13)7-10)8-3-2-4-14-5-8/h8,14H,2-7H2,1H3. The van der Waals surface area contributed by atoms with Crippen LogP contribution in [0.1, 0.15) is 25.7 Å². The number of methoxy groups -OCH3 is 1. The Morgan fingerprint density at radius 1 is 1.44 bits per heavy atom. The van der Waals surface area contributed by atoms with E-state index in [-0.39, 0.29) is 18.8 Å². The van der Waals surface area contributed by atoms with Crippen molar-refractivity contribution < 1.29 is 18.3 Å². The lowest BCUT2D eigenvalue weighted by Gasteiger charge is -2.50. The molecule has 0 bridgehead atoms. The third-order valence-electron chi connectivity index (χ3n) is 3.82. The third-order valence-corrected chi connectivity index (χ3v) is 3.82. The first-order valence-electron chi connectivity index (χ1n) is 5.67. The van der Waals surface area contributed by atoms with Crippen molar-refractivity contribution in [3.63, 3.8) is 0 Å². The summed E-state index contributed by atoms with van der Waals surface area (Å²) in [6.45, 7) is 1.55. The Morgan fingerprint density at radius 2 is 2.12 bits per heavy atom. The van der Waals surface area contributed by atoms with Gasteiger partial charge in [-0.1, -0.05) is 0 Å². The van der Waals surface area contributed by atoms with Crippen LogP contribution in [-0.2, 0) is 9.53 Å². The monoisotopic (exact) mass is 233 g/mol. The molecule has 1 heterocycles. The summed E-state index contributed by atoms with van der Waals surface area (Å²) in [5.74, 6) is -3.16. The summed E-state index contributed by atoms with van der Waals surface area (Å²) in [5, 5.41) is 3.16. The van der Waals surface area contributed by atoms with Gasteiger partial charge in [0.25, 0.3) is 0 Å². The molecular weight excluding hydrogens is 216 g/mol. The molecule has 0 spiro atoms. The van der Waals surface area contributed by atoms with E-state index in [4.69, 9.17) is 4.74 Å². The fourth-order valence-electron chi connectivity index (χ4n) is 3.00. The highest BCUT2D eigenvalue weighted by Gasteiger charge is 2.64. The molecule has 1 aliphatic heterocycles. The highest BCUT2D eigenvalue weighted by Crippen LogP contribution is 2.57. The number of alkyl halides is 2. The third kappa shape index (κ3) is 1.81. The van der Waals surface area contributed by atoms with Crippen LogP contribution in [0.4, 0.5) is 8.78 Å². The number of hydrogen-bond donors (Lipinski definition) is 1. The smallest absolute Gasteiger partial charge is 0.312 e. The zero-order valence-corrected chi connectivity index (χ0v) is 9.39. The zero-order chi connectivity index (χ0) is 11.8. The van der Waals surface area contributed by atoms with Crippen LogP contribution in [0.5, 0.6) is 0 Å². The molecule has 2 fully saturated rings. The molecule has 16 heavy (non-hydrogen) atoms. The molecule has 2 aliphatic rings. The van der Waals surface area contributed by atoms with E-state index >= 15 is 0 Å². The van der Waals surface area contributed by atoms with Crippen molar-refractivity contribution in [3.8, 4) is 0 Å². The predicted octanol–water partition coefficient (Wildman–Crippen LogP) is 1.57. The molecule has 2 rings (SSSR count). The molecular formula is C11H17F2NO2. The number of halogens is 2. The maximum absolute atomic E-state index is 13.1. The number of hydrogen-bond acceptors (Lipinski definition) is 3. The van der Waals surface area contributed by atoms with Crippen molar-refractivity contribution in [2.45, 2.75) is 31.6 Å². The number of ether oxygens (including phenoxy) is 1. The van der Waals surface area contributed by atoms with Crippen LogP contribution >= 0.6 is 0 Å². The molecule has 0 aromatic heterocycles. The predicted molar refractivity (Wildman–Crippen MR) is 54.2 cm³/mol. The van der Waals surface area contributed by atoms with Gasteiger partial charge in [0.1, 0.15) is 0 Å². The highest BCUT2D eigenvalue weighted by atomic mass is 19.3. The Balaban J connectivity index is 2.12. The van der Waals surface area contributed by atoms with Gasteiger partial charge >= 0.3 is 5.97 Å². The van der Waals surface area contributed by atoms with Gasteiger partial charge in [0, 0.05) is 12.8 Å². The molecule has 0 radical (unpaired) electrons. The van der Waals surface area contributed by atoms with Gasteiger partial charge in [-0.15, -0.1) is 0 Å². The van der Waals surface area contributed by atoms with Gasteiger partial charge < -0.3 is 10.1 Å². The van der Waals surface area contributed by atoms with Gasteiger partial charge in [-0.05, 0) is 31.8 Å². The molecule has 0 aromatic carbocycles. The minimum absolute atomic E-state index is 0.00618. The first-order chi connectivity index (χ1) is 7.50. The second kappa shape index (κ2) is 3.95. The summed E-state index contributed by atoms with van der Waals surface area (Å²) in [6.07, 6.45) is 1.07. The maximum Gasteiger partial charge on any atom is 0.312 e. The Kier molecular flexibility index (Phi) is 2.90. The van der Waals surface area contributed by atoms with Crippen LogP contribution < -0.4 is 5.32 Å². The van der Waals surface area contributed by atoms with E-state index in [1.54, 1.807) is 0 Å². The van der Waals surface area contributed by atoms with Crippen LogP contribution in [0.2, 0.25) is 0 Å². The average molecular weight is 233 g/mol. The Morgan fingerprint density at radius 3 is 2.56 bits per heavy atom. The zero-order valence-electron chi connectivity index (χ0n) is 9.39. The lowest BCUT2D eigenvalue weighted by molar-refractivity contribution is -0.210. The van der Waals surface area contributed by atoms with Crippen molar-refractivity contribution in [2.24, 2.45) is 11.3 Å². The first kappa shape index (κ1) is 11.8. The van der Waals surface area contributed by atoms with Gasteiger partial charge in [0.05, 0.1) is 12.5 Å². The maximum atomic E-state index is 13.1. The van der Waals surface area contributed by atoms with Crippen LogP contribution in [0, 0.1) is 11.3 Å². The van der Waals surface area contributed by atoms with Crippen LogP contribution in [-0.4, -0.2) is 32.1 Å². The summed E-state index contributed by atoms with van der Waals surface area (Å²) in [5.41, 5.74) is -0.939. The van der Waals surface area contributed by atoms with Gasteiger partial charge in [0.2, 0.25) is 5.92 Å². The Bertz CT molecular complexity index is 280. The van der Waals surface area contributed by atoms with E-state index in [0.29, 0.717) is 6.54 Å². The van der Waals surface area contributed by atoms with E-state index in [9.17, 15) is 13.6 Å². The molecule has 1 aliphatic carbocycles. The molecule has 1 atom stereocenters. The normalized spacial score (nSPS) is 31.6. The summed E-state index contributed by atoms with van der Waals surface area (Å²) < 4.78 is 30.8. The Hall–Kier alpha value is -0.710. The molecule has 92 valence electrons. The van der Waals surface area contributed by atoms with E-state index in [1.165, 1.54) is 7.11 Å². The number of carbonyl (C=O) groups is 1. The molecule has 1 saturated carbocycles. The molecule has 5 heteroatoms. The fourth-order valence-corrected chi connectivity index (χ4v) is 3.00. The molecule has 1 saturated heterocycles. The van der Waals surface area contributed by atoms with E-state index < -0.39 is 17.3 Å². The van der Waals surface area contributed by atoms with Crippen LogP contribution in [0.15, 0.2) is 0 Å². The van der Waals surface area contributed by atoms with Gasteiger partial charge in [-0.25, -0.2) is 8.78 Å². The van der Waals surface area contributed by atoms with E-state index in [0.717, 1.165) is 19.4 Å². The fraction of sp³-hybridized carbons (Fsp3) is 0.909. The van der Waals surface area contributed by atoms with Gasteiger partial charge in [-0.2, -0.15) is 0 Å². The number of piperidine rings is 1. The summed E-state index contributed by atoms with van der Waals surface area (Å²) >= 11 is 0. The van der Waals surface area contributed by atoms with Crippen molar-refractivity contribution in [1.29, 1.82) is 0 Å². The average Bonchev–Trinajstić information content (AvgIpc) is 2.25. The largest absolute Gasteiger partial charge is 0.469 e. The molecule has 0 amide bonds. The van der Waals surface area contributed by atoms with Crippen LogP contribution in [0.25, 0.3) is 0 Å². The molecule has 0 aromatic rings. The van der Waals surface area contributed by atoms with Crippen molar-refractivity contribution in [3.05, 3.63) is 0 Å². The summed E-state index contributed by atoms with van der Waals surface area (Å²) in [6, 6.07) is 0. The second-order valence-corrected chi connectivity index (χ2v) is 4.90. The topological polar surface area (TPSA) is 38.3 Å². The van der Waals surface area contributed by atoms with Gasteiger partial charge in [-0.3, -0.25) is 4.79 Å². The summed E-state index contributed by atoms with van der Waals surface area (Å²) in [4.78, 5) is 11.7. The van der Waals surface area contributed by atoms with Crippen LogP contribution in [0.3, 0.4) is 0 Å². The van der Waals surface area contributed by atoms with Gasteiger partial charge in [0.15, 0.2) is 0 Å². The van der Waals surface area contributed by atoms with E-state index in [1.807, 2.05) is 0 Å².